The molecule has 0 bridgehead atoms. The first kappa shape index (κ1) is 35.7. The number of hydrogen-bond acceptors (Lipinski definition) is 1. The predicted molar refractivity (Wildman–Crippen MR) is 259 cm³/mol. The average molecular weight is 813 g/mol. The highest BCUT2D eigenvalue weighted by atomic mass is 16.3. The summed E-state index contributed by atoms with van der Waals surface area (Å²) in [5.74, 6) is 0. The zero-order valence-electron chi connectivity index (χ0n) is 35.0. The third-order valence-electron chi connectivity index (χ3n) is 15.2. The highest BCUT2D eigenvalue weighted by Gasteiger charge is 2.56. The van der Waals surface area contributed by atoms with Gasteiger partial charge in [0.05, 0.1) is 10.8 Å². The minimum Gasteiger partial charge on any atom is -0.376 e. The van der Waals surface area contributed by atoms with E-state index in [0.29, 0.717) is 0 Å². The number of aliphatic hydroxyl groups is 1. The van der Waals surface area contributed by atoms with Crippen LogP contribution < -0.4 is 0 Å². The van der Waals surface area contributed by atoms with Gasteiger partial charge in [0.25, 0.3) is 0 Å². The topological polar surface area (TPSA) is 20.2 Å². The van der Waals surface area contributed by atoms with Gasteiger partial charge in [0.1, 0.15) is 5.60 Å². The van der Waals surface area contributed by atoms with Gasteiger partial charge >= 0.3 is 0 Å². The third kappa shape index (κ3) is 4.19. The molecule has 1 nitrogen and oxygen atoms in total. The Hall–Kier alpha value is -7.84. The van der Waals surface area contributed by atoms with E-state index in [9.17, 15) is 0 Å². The van der Waals surface area contributed by atoms with E-state index < -0.39 is 16.4 Å². The lowest BCUT2D eigenvalue weighted by Gasteiger charge is -2.37. The van der Waals surface area contributed by atoms with Crippen LogP contribution in [0.3, 0.4) is 0 Å². The summed E-state index contributed by atoms with van der Waals surface area (Å²) in [4.78, 5) is 0. The minimum absolute atomic E-state index is 0.568. The van der Waals surface area contributed by atoms with Gasteiger partial charge in [-0.2, -0.15) is 0 Å². The van der Waals surface area contributed by atoms with E-state index >= 15 is 5.11 Å². The fraction of sp³-hybridized carbons (Fsp3) is 0.0476. The number of rotatable bonds is 4. The molecular weight excluding hydrogens is 773 g/mol. The SMILES string of the molecule is OC(c1ccccc1-c1ccccc1)(c1cccc2c1-c1ccccc1C21c2ccccc2-c2ccccc21)c1cccc2c1-c1ccccc1C21c2ccccc2-c2ccccc21. The second-order valence-corrected chi connectivity index (χ2v) is 17.9. The molecule has 2 spiro atoms. The molecule has 10 aromatic carbocycles. The molecule has 10 aromatic rings. The van der Waals surface area contributed by atoms with Gasteiger partial charge in [0.15, 0.2) is 0 Å². The first-order valence-electron chi connectivity index (χ1n) is 22.4. The molecule has 14 rings (SSSR count). The van der Waals surface area contributed by atoms with E-state index in [2.05, 4.69) is 237 Å². The van der Waals surface area contributed by atoms with Crippen molar-refractivity contribution in [2.24, 2.45) is 0 Å². The lowest BCUT2D eigenvalue weighted by Crippen LogP contribution is -2.32. The summed E-state index contributed by atoms with van der Waals surface area (Å²) in [5, 5.41) is 15.1. The fourth-order valence-electron chi connectivity index (χ4n) is 13.0. The van der Waals surface area contributed by atoms with Crippen molar-refractivity contribution in [2.45, 2.75) is 16.4 Å². The van der Waals surface area contributed by atoms with E-state index in [1.807, 2.05) is 0 Å². The highest BCUT2D eigenvalue weighted by Crippen LogP contribution is 2.67. The van der Waals surface area contributed by atoms with Crippen LogP contribution in [0.5, 0.6) is 0 Å². The quantitative estimate of drug-likeness (QED) is 0.176. The van der Waals surface area contributed by atoms with Crippen LogP contribution in [0.15, 0.2) is 237 Å². The number of fused-ring (bicyclic) bond motifs is 20. The Kier molecular flexibility index (Phi) is 7.18. The summed E-state index contributed by atoms with van der Waals surface area (Å²) in [6, 6.07) is 86.3. The zero-order valence-corrected chi connectivity index (χ0v) is 35.0. The molecule has 64 heavy (non-hydrogen) atoms. The van der Waals surface area contributed by atoms with E-state index in [4.69, 9.17) is 0 Å². The fourth-order valence-corrected chi connectivity index (χ4v) is 13.0. The van der Waals surface area contributed by atoms with E-state index in [0.717, 1.165) is 50.1 Å². The maximum atomic E-state index is 15.1. The lowest BCUT2D eigenvalue weighted by molar-refractivity contribution is 0.127. The van der Waals surface area contributed by atoms with E-state index in [1.165, 1.54) is 66.8 Å². The van der Waals surface area contributed by atoms with Crippen LogP contribution in [0.1, 0.15) is 61.2 Å². The second kappa shape index (κ2) is 12.9. The normalized spacial score (nSPS) is 14.6. The van der Waals surface area contributed by atoms with Gasteiger partial charge in [-0.1, -0.05) is 237 Å². The maximum absolute atomic E-state index is 15.1. The molecule has 0 fully saturated rings. The molecular formula is C63H40O. The van der Waals surface area contributed by atoms with Crippen LogP contribution in [0, 0.1) is 0 Å². The molecule has 4 aliphatic carbocycles. The third-order valence-corrected chi connectivity index (χ3v) is 15.2. The van der Waals surface area contributed by atoms with Gasteiger partial charge in [0, 0.05) is 16.7 Å². The summed E-state index contributed by atoms with van der Waals surface area (Å²) in [7, 11) is 0. The Bertz CT molecular complexity index is 3310. The molecule has 1 heteroatoms. The van der Waals surface area contributed by atoms with Gasteiger partial charge < -0.3 is 5.11 Å². The minimum atomic E-state index is -1.64. The zero-order chi connectivity index (χ0) is 42.2. The van der Waals surface area contributed by atoms with Gasteiger partial charge in [-0.15, -0.1) is 0 Å². The largest absolute Gasteiger partial charge is 0.376 e. The molecule has 4 aliphatic rings. The van der Waals surface area contributed by atoms with Crippen molar-refractivity contribution in [3.8, 4) is 55.6 Å². The van der Waals surface area contributed by atoms with Crippen molar-refractivity contribution in [3.63, 3.8) is 0 Å². The smallest absolute Gasteiger partial charge is 0.142 e. The molecule has 0 saturated carbocycles. The summed E-state index contributed by atoms with van der Waals surface area (Å²) in [5.41, 5.74) is 21.4. The summed E-state index contributed by atoms with van der Waals surface area (Å²) in [6.45, 7) is 0. The average Bonchev–Trinajstić information content (AvgIpc) is 4.06. The van der Waals surface area contributed by atoms with Crippen molar-refractivity contribution in [2.75, 3.05) is 0 Å². The summed E-state index contributed by atoms with van der Waals surface area (Å²) < 4.78 is 0. The molecule has 0 saturated heterocycles. The lowest BCUT2D eigenvalue weighted by atomic mass is 9.68. The molecule has 0 radical (unpaired) electrons. The summed E-state index contributed by atoms with van der Waals surface area (Å²) >= 11 is 0. The van der Waals surface area contributed by atoms with Crippen LogP contribution in [0.4, 0.5) is 0 Å². The molecule has 298 valence electrons. The van der Waals surface area contributed by atoms with E-state index in [1.54, 1.807) is 0 Å². The Morgan fingerprint density at radius 1 is 0.234 bits per heavy atom. The molecule has 0 aromatic heterocycles. The van der Waals surface area contributed by atoms with Gasteiger partial charge in [-0.3, -0.25) is 0 Å². The summed E-state index contributed by atoms with van der Waals surface area (Å²) in [6.07, 6.45) is 0. The molecule has 0 amide bonds. The van der Waals surface area contributed by atoms with Gasteiger partial charge in [-0.25, -0.2) is 0 Å². The standard InChI is InChI=1S/C63H40O/c64-63(54-35-17-4-22-41(54)40-20-2-1-3-21-40,57-38-18-36-55-59(57)46-27-9-15-33-52(46)61(55)48-29-11-5-23-42(48)43-24-6-12-30-49(43)61)58-39-19-37-56-60(58)47-28-10-16-34-53(47)62(56)50-31-13-7-25-44(50)45-26-8-14-32-51(45)62/h1-39,64H. The van der Waals surface area contributed by atoms with Crippen LogP contribution in [-0.4, -0.2) is 5.11 Å². The molecule has 0 heterocycles. The van der Waals surface area contributed by atoms with Crippen molar-refractivity contribution in [1.29, 1.82) is 0 Å². The number of hydrogen-bond donors (Lipinski definition) is 1. The predicted octanol–water partition coefficient (Wildman–Crippen LogP) is 14.3. The van der Waals surface area contributed by atoms with E-state index in [-0.39, 0.29) is 0 Å². The monoisotopic (exact) mass is 812 g/mol. The number of benzene rings is 10. The van der Waals surface area contributed by atoms with Crippen molar-refractivity contribution >= 4 is 0 Å². The van der Waals surface area contributed by atoms with Crippen molar-refractivity contribution in [3.05, 3.63) is 298 Å². The van der Waals surface area contributed by atoms with Crippen LogP contribution >= 0.6 is 0 Å². The van der Waals surface area contributed by atoms with Gasteiger partial charge in [0.2, 0.25) is 0 Å². The molecule has 0 atom stereocenters. The van der Waals surface area contributed by atoms with Crippen LogP contribution in [-0.2, 0) is 16.4 Å². The first-order chi connectivity index (χ1) is 31.7. The van der Waals surface area contributed by atoms with Crippen LogP contribution in [0.2, 0.25) is 0 Å². The maximum Gasteiger partial charge on any atom is 0.142 e. The Labute approximate surface area is 373 Å². The molecule has 0 aliphatic heterocycles. The highest BCUT2D eigenvalue weighted by molar-refractivity contribution is 5.99. The van der Waals surface area contributed by atoms with Gasteiger partial charge in [-0.05, 0) is 100 Å². The molecule has 1 N–H and O–H groups in total. The van der Waals surface area contributed by atoms with Crippen molar-refractivity contribution < 1.29 is 5.11 Å². The second-order valence-electron chi connectivity index (χ2n) is 17.9. The Morgan fingerprint density at radius 3 is 0.922 bits per heavy atom. The Balaban J connectivity index is 1.14. The Morgan fingerprint density at radius 2 is 0.516 bits per heavy atom. The van der Waals surface area contributed by atoms with Crippen molar-refractivity contribution in [1.82, 2.24) is 0 Å². The first-order valence-corrected chi connectivity index (χ1v) is 22.4. The van der Waals surface area contributed by atoms with Crippen LogP contribution in [0.25, 0.3) is 55.6 Å². The molecule has 0 unspecified atom stereocenters.